The molecule has 0 aliphatic rings. The molecule has 25 heavy (non-hydrogen) atoms. The predicted octanol–water partition coefficient (Wildman–Crippen LogP) is 3.46. The molecule has 3 rings (SSSR count). The van der Waals surface area contributed by atoms with E-state index in [2.05, 4.69) is 15.3 Å². The van der Waals surface area contributed by atoms with Crippen molar-refractivity contribution in [2.75, 3.05) is 12.4 Å². The Morgan fingerprint density at radius 3 is 2.64 bits per heavy atom. The largest absolute Gasteiger partial charge is 0.497 e. The van der Waals surface area contributed by atoms with Crippen LogP contribution in [0, 0.1) is 0 Å². The van der Waals surface area contributed by atoms with Crippen LogP contribution in [0.3, 0.4) is 0 Å². The Bertz CT molecular complexity index is 836. The van der Waals surface area contributed by atoms with E-state index in [4.69, 9.17) is 9.47 Å². The number of aromatic nitrogens is 2. The van der Waals surface area contributed by atoms with Crippen LogP contribution in [0.5, 0.6) is 17.4 Å². The third-order valence-corrected chi connectivity index (χ3v) is 3.40. The van der Waals surface area contributed by atoms with Gasteiger partial charge in [-0.15, -0.1) is 0 Å². The topological polar surface area (TPSA) is 73.3 Å². The second kappa shape index (κ2) is 7.92. The number of nitrogens with zero attached hydrogens (tertiary/aromatic N) is 2. The highest BCUT2D eigenvalue weighted by atomic mass is 16.5. The van der Waals surface area contributed by atoms with E-state index in [1.807, 2.05) is 24.3 Å². The van der Waals surface area contributed by atoms with Gasteiger partial charge in [0.05, 0.1) is 19.7 Å². The van der Waals surface area contributed by atoms with Crippen LogP contribution in [0.25, 0.3) is 0 Å². The van der Waals surface area contributed by atoms with Gasteiger partial charge >= 0.3 is 0 Å². The minimum atomic E-state index is -0.109. The zero-order valence-corrected chi connectivity index (χ0v) is 13.7. The van der Waals surface area contributed by atoms with Gasteiger partial charge in [-0.2, -0.15) is 0 Å². The highest BCUT2D eigenvalue weighted by molar-refractivity contribution is 5.92. The third kappa shape index (κ3) is 4.78. The van der Waals surface area contributed by atoms with Crippen LogP contribution in [0.4, 0.5) is 5.69 Å². The molecule has 2 aromatic carbocycles. The highest BCUT2D eigenvalue weighted by Gasteiger charge is 2.06. The predicted molar refractivity (Wildman–Crippen MR) is 93.9 cm³/mol. The molecule has 0 saturated carbocycles. The van der Waals surface area contributed by atoms with Crippen molar-refractivity contribution in [3.8, 4) is 17.4 Å². The second-order valence-corrected chi connectivity index (χ2v) is 5.25. The minimum Gasteiger partial charge on any atom is -0.497 e. The Morgan fingerprint density at radius 1 is 1.08 bits per heavy atom. The first kappa shape index (κ1) is 16.4. The summed E-state index contributed by atoms with van der Waals surface area (Å²) >= 11 is 0. The number of methoxy groups -OCH3 is 1. The van der Waals surface area contributed by atoms with E-state index in [-0.39, 0.29) is 12.3 Å². The Kier molecular flexibility index (Phi) is 5.21. The zero-order chi connectivity index (χ0) is 17.5. The molecule has 1 heterocycles. The fraction of sp³-hybridized carbons (Fsp3) is 0.105. The van der Waals surface area contributed by atoms with Crippen molar-refractivity contribution in [1.82, 2.24) is 9.97 Å². The average Bonchev–Trinajstić information content (AvgIpc) is 2.63. The lowest BCUT2D eigenvalue weighted by Gasteiger charge is -2.08. The van der Waals surface area contributed by atoms with Gasteiger partial charge in [0.25, 0.3) is 0 Å². The highest BCUT2D eigenvalue weighted by Crippen LogP contribution is 2.22. The molecule has 126 valence electrons. The number of hydrogen-bond donors (Lipinski definition) is 1. The number of benzene rings is 2. The minimum absolute atomic E-state index is 0.109. The number of hydrogen-bond acceptors (Lipinski definition) is 5. The Balaban J connectivity index is 1.62. The van der Waals surface area contributed by atoms with E-state index >= 15 is 0 Å². The quantitative estimate of drug-likeness (QED) is 0.747. The summed E-state index contributed by atoms with van der Waals surface area (Å²) in [6.45, 7) is 0. The summed E-state index contributed by atoms with van der Waals surface area (Å²) in [5.41, 5.74) is 1.56. The molecule has 0 radical (unpaired) electrons. The molecule has 6 nitrogen and oxygen atoms in total. The Morgan fingerprint density at radius 2 is 1.92 bits per heavy atom. The zero-order valence-electron chi connectivity index (χ0n) is 13.7. The van der Waals surface area contributed by atoms with Crippen LogP contribution in [-0.4, -0.2) is 23.0 Å². The normalized spacial score (nSPS) is 10.1. The van der Waals surface area contributed by atoms with E-state index in [1.54, 1.807) is 43.8 Å². The first-order chi connectivity index (χ1) is 12.2. The third-order valence-electron chi connectivity index (χ3n) is 3.40. The molecule has 0 spiro atoms. The van der Waals surface area contributed by atoms with Crippen molar-refractivity contribution < 1.29 is 14.3 Å². The maximum Gasteiger partial charge on any atom is 0.237 e. The number of ether oxygens (including phenoxy) is 2. The van der Waals surface area contributed by atoms with E-state index in [9.17, 15) is 4.79 Å². The molecule has 0 fully saturated rings. The monoisotopic (exact) mass is 335 g/mol. The summed E-state index contributed by atoms with van der Waals surface area (Å²) in [6, 6.07) is 14.5. The Labute approximate surface area is 145 Å². The molecular weight excluding hydrogens is 318 g/mol. The molecule has 0 atom stereocenters. The number of rotatable bonds is 6. The summed E-state index contributed by atoms with van der Waals surface area (Å²) < 4.78 is 10.7. The van der Waals surface area contributed by atoms with Gasteiger partial charge in [-0.1, -0.05) is 18.2 Å². The van der Waals surface area contributed by atoms with Gasteiger partial charge in [0.2, 0.25) is 11.8 Å². The van der Waals surface area contributed by atoms with Gasteiger partial charge in [-0.25, -0.2) is 4.98 Å². The second-order valence-electron chi connectivity index (χ2n) is 5.25. The average molecular weight is 335 g/mol. The van der Waals surface area contributed by atoms with Crippen LogP contribution in [0.1, 0.15) is 5.56 Å². The molecule has 0 saturated heterocycles. The molecule has 1 aromatic heterocycles. The van der Waals surface area contributed by atoms with Gasteiger partial charge in [-0.3, -0.25) is 9.78 Å². The number of nitrogens with one attached hydrogen (secondary N) is 1. The van der Waals surface area contributed by atoms with Gasteiger partial charge in [-0.05, 0) is 29.8 Å². The van der Waals surface area contributed by atoms with Crippen molar-refractivity contribution in [2.45, 2.75) is 6.42 Å². The molecule has 3 aromatic rings. The summed E-state index contributed by atoms with van der Waals surface area (Å²) in [5, 5.41) is 2.86. The summed E-state index contributed by atoms with van der Waals surface area (Å²) in [7, 11) is 1.61. The molecule has 6 heteroatoms. The van der Waals surface area contributed by atoms with Crippen molar-refractivity contribution in [2.24, 2.45) is 0 Å². The number of anilines is 1. The summed E-state index contributed by atoms with van der Waals surface area (Å²) in [5.74, 6) is 1.62. The molecular formula is C19H17N3O3. The van der Waals surface area contributed by atoms with Crippen molar-refractivity contribution in [3.05, 3.63) is 72.7 Å². The maximum atomic E-state index is 12.2. The molecule has 1 N–H and O–H groups in total. The van der Waals surface area contributed by atoms with Crippen LogP contribution in [0.2, 0.25) is 0 Å². The van der Waals surface area contributed by atoms with Crippen LogP contribution >= 0.6 is 0 Å². The fourth-order valence-corrected chi connectivity index (χ4v) is 2.23. The standard InChI is InChI=1S/C19H17N3O3/c1-24-16-7-5-14(6-8-16)11-18(23)22-15-3-2-4-17(12-15)25-19-13-20-9-10-21-19/h2-10,12-13H,11H2,1H3,(H,22,23). The van der Waals surface area contributed by atoms with Gasteiger partial charge in [0.1, 0.15) is 11.5 Å². The SMILES string of the molecule is COc1ccc(CC(=O)Nc2cccc(Oc3cnccn3)c2)cc1. The van der Waals surface area contributed by atoms with Gasteiger partial charge < -0.3 is 14.8 Å². The van der Waals surface area contributed by atoms with Crippen LogP contribution in [-0.2, 0) is 11.2 Å². The lowest BCUT2D eigenvalue weighted by atomic mass is 10.1. The van der Waals surface area contributed by atoms with Gasteiger partial charge in [0, 0.05) is 24.1 Å². The fourth-order valence-electron chi connectivity index (χ4n) is 2.23. The lowest BCUT2D eigenvalue weighted by molar-refractivity contribution is -0.115. The molecule has 0 unspecified atom stereocenters. The molecule has 0 aliphatic heterocycles. The number of carbonyl (C=O) groups excluding carboxylic acids is 1. The summed E-state index contributed by atoms with van der Waals surface area (Å²) in [6.07, 6.45) is 4.92. The van der Waals surface area contributed by atoms with E-state index in [0.717, 1.165) is 11.3 Å². The van der Waals surface area contributed by atoms with Crippen LogP contribution in [0.15, 0.2) is 67.1 Å². The van der Waals surface area contributed by atoms with Crippen molar-refractivity contribution in [1.29, 1.82) is 0 Å². The number of amides is 1. The molecule has 0 bridgehead atoms. The maximum absolute atomic E-state index is 12.2. The first-order valence-electron chi connectivity index (χ1n) is 7.69. The van der Waals surface area contributed by atoms with E-state index < -0.39 is 0 Å². The molecule has 1 amide bonds. The van der Waals surface area contributed by atoms with Crippen molar-refractivity contribution in [3.63, 3.8) is 0 Å². The molecule has 0 aliphatic carbocycles. The van der Waals surface area contributed by atoms with E-state index in [0.29, 0.717) is 17.3 Å². The van der Waals surface area contributed by atoms with Crippen molar-refractivity contribution >= 4 is 11.6 Å². The van der Waals surface area contributed by atoms with Crippen LogP contribution < -0.4 is 14.8 Å². The lowest BCUT2D eigenvalue weighted by Crippen LogP contribution is -2.14. The van der Waals surface area contributed by atoms with Gasteiger partial charge in [0.15, 0.2) is 0 Å². The smallest absolute Gasteiger partial charge is 0.237 e. The van der Waals surface area contributed by atoms with E-state index in [1.165, 1.54) is 6.20 Å². The summed E-state index contributed by atoms with van der Waals surface area (Å²) in [4.78, 5) is 20.2. The Hall–Kier alpha value is -3.41. The number of carbonyl (C=O) groups is 1. The first-order valence-corrected chi connectivity index (χ1v) is 7.69.